The van der Waals surface area contributed by atoms with Gasteiger partial charge in [-0.25, -0.2) is 0 Å². The van der Waals surface area contributed by atoms with Crippen LogP contribution in [0.1, 0.15) is 5.56 Å². The molecular weight excluding hydrogens is 218 g/mol. The van der Waals surface area contributed by atoms with E-state index >= 15 is 0 Å². The molecule has 0 saturated heterocycles. The van der Waals surface area contributed by atoms with Crippen molar-refractivity contribution in [2.24, 2.45) is 5.11 Å². The zero-order valence-corrected chi connectivity index (χ0v) is 7.82. The fraction of sp³-hybridized carbons (Fsp3) is 0. The average molecular weight is 224 g/mol. The molecule has 0 amide bonds. The lowest BCUT2D eigenvalue weighted by molar-refractivity contribution is 1.43. The number of hydrogen-bond donors (Lipinski definition) is 0. The van der Waals surface area contributed by atoms with Crippen molar-refractivity contribution in [2.75, 3.05) is 0 Å². The second kappa shape index (κ2) is 3.95. The fourth-order valence-corrected chi connectivity index (χ4v) is 1.31. The fourth-order valence-electron chi connectivity index (χ4n) is 0.847. The van der Waals surface area contributed by atoms with Crippen LogP contribution in [0.2, 0.25) is 0 Å². The number of rotatable bonds is 2. The zero-order chi connectivity index (χ0) is 8.97. The lowest BCUT2D eigenvalue weighted by Crippen LogP contribution is -1.73. The van der Waals surface area contributed by atoms with Crippen molar-refractivity contribution in [3.8, 4) is 0 Å². The minimum absolute atomic E-state index is 0.579. The zero-order valence-electron chi connectivity index (χ0n) is 6.24. The quantitative estimate of drug-likeness (QED) is 0.413. The summed E-state index contributed by atoms with van der Waals surface area (Å²) in [5.74, 6) is 0. The molecule has 4 heteroatoms. The van der Waals surface area contributed by atoms with Crippen LogP contribution in [0.3, 0.4) is 0 Å². The predicted molar refractivity (Wildman–Crippen MR) is 53.0 cm³/mol. The first-order valence-corrected chi connectivity index (χ1v) is 4.05. The normalized spacial score (nSPS) is 8.75. The van der Waals surface area contributed by atoms with Crippen molar-refractivity contribution in [3.05, 3.63) is 45.3 Å². The van der Waals surface area contributed by atoms with Gasteiger partial charge in [-0.05, 0) is 17.2 Å². The minimum Gasteiger partial charge on any atom is -0.0985 e. The van der Waals surface area contributed by atoms with E-state index in [4.69, 9.17) is 5.53 Å². The van der Waals surface area contributed by atoms with Crippen molar-refractivity contribution in [3.63, 3.8) is 0 Å². The maximum Gasteiger partial charge on any atom is 0.0589 e. The monoisotopic (exact) mass is 223 g/mol. The molecule has 0 atom stereocenters. The molecule has 0 fully saturated rings. The highest BCUT2D eigenvalue weighted by Crippen LogP contribution is 2.29. The highest BCUT2D eigenvalue weighted by atomic mass is 79.9. The molecule has 0 aromatic heterocycles. The van der Waals surface area contributed by atoms with Crippen LogP contribution < -0.4 is 0 Å². The Kier molecular flexibility index (Phi) is 2.91. The largest absolute Gasteiger partial charge is 0.0985 e. The molecule has 1 rings (SSSR count). The van der Waals surface area contributed by atoms with E-state index < -0.39 is 0 Å². The summed E-state index contributed by atoms with van der Waals surface area (Å²) in [6.07, 6.45) is 1.65. The molecule has 0 unspecified atom stereocenters. The molecule has 0 spiro atoms. The minimum atomic E-state index is 0.579. The van der Waals surface area contributed by atoms with E-state index in [-0.39, 0.29) is 0 Å². The van der Waals surface area contributed by atoms with Crippen LogP contribution in [0.4, 0.5) is 5.69 Å². The summed E-state index contributed by atoms with van der Waals surface area (Å²) >= 11 is 3.28. The van der Waals surface area contributed by atoms with Crippen molar-refractivity contribution >= 4 is 27.7 Å². The van der Waals surface area contributed by atoms with Gasteiger partial charge < -0.3 is 0 Å². The van der Waals surface area contributed by atoms with Crippen LogP contribution in [0.15, 0.2) is 34.4 Å². The molecule has 0 aliphatic heterocycles. The molecule has 60 valence electrons. The summed E-state index contributed by atoms with van der Waals surface area (Å²) in [7, 11) is 0. The summed E-state index contributed by atoms with van der Waals surface area (Å²) in [5.41, 5.74) is 9.67. The number of hydrogen-bond acceptors (Lipinski definition) is 1. The van der Waals surface area contributed by atoms with E-state index in [1.165, 1.54) is 0 Å². The van der Waals surface area contributed by atoms with E-state index in [1.54, 1.807) is 6.08 Å². The predicted octanol–water partition coefficient (Wildman–Crippen LogP) is 4.03. The van der Waals surface area contributed by atoms with Crippen LogP contribution in [-0.2, 0) is 0 Å². The van der Waals surface area contributed by atoms with Gasteiger partial charge in [0.1, 0.15) is 0 Å². The van der Waals surface area contributed by atoms with Gasteiger partial charge in [-0.1, -0.05) is 45.8 Å². The highest BCUT2D eigenvalue weighted by Gasteiger charge is 1.99. The molecule has 0 N–H and O–H groups in total. The van der Waals surface area contributed by atoms with Gasteiger partial charge in [0.2, 0.25) is 0 Å². The van der Waals surface area contributed by atoms with Gasteiger partial charge in [-0.3, -0.25) is 0 Å². The first-order chi connectivity index (χ1) is 5.79. The van der Waals surface area contributed by atoms with Gasteiger partial charge >= 0.3 is 0 Å². The molecule has 1 aromatic carbocycles. The summed E-state index contributed by atoms with van der Waals surface area (Å²) in [6.45, 7) is 3.61. The van der Waals surface area contributed by atoms with Crippen LogP contribution >= 0.6 is 15.9 Å². The van der Waals surface area contributed by atoms with Crippen LogP contribution in [0.25, 0.3) is 16.5 Å². The first kappa shape index (κ1) is 8.84. The van der Waals surface area contributed by atoms with Crippen LogP contribution in [0, 0.1) is 0 Å². The first-order valence-electron chi connectivity index (χ1n) is 3.25. The third kappa shape index (κ3) is 1.67. The highest BCUT2D eigenvalue weighted by molar-refractivity contribution is 9.10. The Labute approximate surface area is 78.5 Å². The van der Waals surface area contributed by atoms with Gasteiger partial charge in [0, 0.05) is 9.38 Å². The lowest BCUT2D eigenvalue weighted by Gasteiger charge is -2.00. The molecule has 0 aliphatic carbocycles. The lowest BCUT2D eigenvalue weighted by atomic mass is 10.2. The number of nitrogens with zero attached hydrogens (tertiary/aromatic N) is 3. The Morgan fingerprint density at radius 2 is 2.33 bits per heavy atom. The molecule has 3 nitrogen and oxygen atoms in total. The van der Waals surface area contributed by atoms with E-state index in [0.29, 0.717) is 5.69 Å². The van der Waals surface area contributed by atoms with Gasteiger partial charge in [0.25, 0.3) is 0 Å². The standard InChI is InChI=1S/C8H6BrN3/c1-2-6-4-3-5-7(9)8(6)11-12-10/h2-5H,1H2. The smallest absolute Gasteiger partial charge is 0.0589 e. The Morgan fingerprint density at radius 3 is 2.92 bits per heavy atom. The van der Waals surface area contributed by atoms with E-state index in [1.807, 2.05) is 18.2 Å². The van der Waals surface area contributed by atoms with Crippen molar-refractivity contribution in [2.45, 2.75) is 0 Å². The topological polar surface area (TPSA) is 48.8 Å². The summed E-state index contributed by atoms with van der Waals surface area (Å²) < 4.78 is 0.776. The van der Waals surface area contributed by atoms with E-state index in [9.17, 15) is 0 Å². The third-order valence-electron chi connectivity index (χ3n) is 1.38. The molecule has 0 saturated carbocycles. The SMILES string of the molecule is C=Cc1cccc(Br)c1N=[N+]=[N-]. The van der Waals surface area contributed by atoms with Crippen LogP contribution in [0.5, 0.6) is 0 Å². The molecule has 0 radical (unpaired) electrons. The summed E-state index contributed by atoms with van der Waals surface area (Å²) in [5, 5.41) is 3.54. The second-order valence-corrected chi connectivity index (χ2v) is 2.93. The number of azide groups is 1. The molecule has 0 heterocycles. The van der Waals surface area contributed by atoms with Crippen LogP contribution in [-0.4, -0.2) is 0 Å². The molecule has 12 heavy (non-hydrogen) atoms. The average Bonchev–Trinajstić information content (AvgIpc) is 2.09. The van der Waals surface area contributed by atoms with Crippen molar-refractivity contribution < 1.29 is 0 Å². The van der Waals surface area contributed by atoms with E-state index in [0.717, 1.165) is 10.0 Å². The van der Waals surface area contributed by atoms with E-state index in [2.05, 4.69) is 32.5 Å². The van der Waals surface area contributed by atoms with Gasteiger partial charge in [-0.2, -0.15) is 0 Å². The number of halogens is 1. The second-order valence-electron chi connectivity index (χ2n) is 2.07. The summed E-state index contributed by atoms with van der Waals surface area (Å²) in [6, 6.07) is 5.51. The summed E-state index contributed by atoms with van der Waals surface area (Å²) in [4.78, 5) is 2.72. The Balaban J connectivity index is 3.38. The maximum atomic E-state index is 8.27. The van der Waals surface area contributed by atoms with Crippen molar-refractivity contribution in [1.82, 2.24) is 0 Å². The Hall–Kier alpha value is -1.25. The van der Waals surface area contributed by atoms with Gasteiger partial charge in [-0.15, -0.1) is 0 Å². The Morgan fingerprint density at radius 1 is 1.58 bits per heavy atom. The molecule has 0 aliphatic rings. The Bertz CT molecular complexity index is 353. The van der Waals surface area contributed by atoms with Crippen molar-refractivity contribution in [1.29, 1.82) is 0 Å². The molecule has 0 bridgehead atoms. The van der Waals surface area contributed by atoms with Gasteiger partial charge in [0.15, 0.2) is 0 Å². The molecular formula is C8H6BrN3. The van der Waals surface area contributed by atoms with Gasteiger partial charge in [0.05, 0.1) is 5.69 Å². The number of benzene rings is 1. The maximum absolute atomic E-state index is 8.27. The third-order valence-corrected chi connectivity index (χ3v) is 2.02. The molecule has 1 aromatic rings.